The number of carbonyl (C=O) groups is 8. The molecule has 46 heavy (non-hydrogen) atoms. The zero-order valence-electron chi connectivity index (χ0n) is 26.5. The summed E-state index contributed by atoms with van der Waals surface area (Å²) in [4.78, 5) is 97.3. The second-order valence-electron chi connectivity index (χ2n) is 11.4. The van der Waals surface area contributed by atoms with Crippen molar-refractivity contribution >= 4 is 47.3 Å². The number of nitrogens with one attached hydrogen (secondary N) is 6. The van der Waals surface area contributed by atoms with Gasteiger partial charge in [-0.15, -0.1) is 0 Å². The van der Waals surface area contributed by atoms with Gasteiger partial charge < -0.3 is 58.7 Å². The lowest BCUT2D eigenvalue weighted by Gasteiger charge is -2.25. The van der Waals surface area contributed by atoms with Crippen LogP contribution in [-0.4, -0.2) is 119 Å². The Morgan fingerprint density at radius 1 is 0.609 bits per heavy atom. The number of hydrogen-bond donors (Lipinski definition) is 11. The first-order chi connectivity index (χ1) is 21.4. The number of carboxylic acids is 1. The molecule has 0 bridgehead atoms. The van der Waals surface area contributed by atoms with E-state index in [0.717, 1.165) is 0 Å². The Morgan fingerprint density at radius 2 is 1.07 bits per heavy atom. The number of amides is 7. The van der Waals surface area contributed by atoms with Crippen molar-refractivity contribution in [2.45, 2.75) is 83.6 Å². The van der Waals surface area contributed by atoms with Crippen molar-refractivity contribution in [3.05, 3.63) is 0 Å². The lowest BCUT2D eigenvalue weighted by atomic mass is 10.0. The first-order valence-corrected chi connectivity index (χ1v) is 14.6. The molecule has 0 saturated heterocycles. The minimum absolute atomic E-state index is 0.0640. The fraction of sp³-hybridized carbons (Fsp3) is 0.704. The van der Waals surface area contributed by atoms with E-state index < -0.39 is 104 Å². The van der Waals surface area contributed by atoms with E-state index in [1.165, 1.54) is 0 Å². The van der Waals surface area contributed by atoms with E-state index in [0.29, 0.717) is 6.42 Å². The summed E-state index contributed by atoms with van der Waals surface area (Å²) in [5.74, 6) is -7.50. The first kappa shape index (κ1) is 41.6. The summed E-state index contributed by atoms with van der Waals surface area (Å²) in [5, 5.41) is 42.0. The van der Waals surface area contributed by atoms with Crippen LogP contribution in [0.25, 0.3) is 0 Å². The van der Waals surface area contributed by atoms with E-state index in [4.69, 9.17) is 11.5 Å². The Morgan fingerprint density at radius 3 is 1.54 bits per heavy atom. The van der Waals surface area contributed by atoms with Gasteiger partial charge in [-0.2, -0.15) is 0 Å². The van der Waals surface area contributed by atoms with Crippen molar-refractivity contribution in [2.24, 2.45) is 23.3 Å². The van der Waals surface area contributed by atoms with Gasteiger partial charge >= 0.3 is 5.97 Å². The predicted octanol–water partition coefficient (Wildman–Crippen LogP) is -5.09. The largest absolute Gasteiger partial charge is 0.480 e. The molecule has 7 amide bonds. The summed E-state index contributed by atoms with van der Waals surface area (Å²) in [6.45, 7) is 4.14. The second-order valence-corrected chi connectivity index (χ2v) is 11.4. The number of hydrogen-bond acceptors (Lipinski definition) is 11. The fourth-order valence-corrected chi connectivity index (χ4v) is 3.85. The number of aliphatic carboxylic acids is 1. The summed E-state index contributed by atoms with van der Waals surface area (Å²) in [5.41, 5.74) is 10.9. The standard InChI is InChI=1S/C27H48N8O11/c1-13(2)7-15(28)23(41)31-9-21(39)30-10-22(40)32-18(11-36)25(43)35-19(12-37)26(44)33-16(5-6-20(29)38)24(42)34-17(27(45)46)8-14(3)4/h13-19,36-37H,5-12,28H2,1-4H3,(H2,29,38)(H,30,39)(H,31,41)(H,32,40)(H,33,44)(H,34,42)(H,35,43)(H,45,46)/t15-,16-,17-,18-,19-/m0/s1. The highest BCUT2D eigenvalue weighted by Gasteiger charge is 2.31. The van der Waals surface area contributed by atoms with Gasteiger partial charge in [-0.05, 0) is 31.1 Å². The molecule has 0 aliphatic heterocycles. The van der Waals surface area contributed by atoms with Gasteiger partial charge in [0, 0.05) is 6.42 Å². The first-order valence-electron chi connectivity index (χ1n) is 14.6. The van der Waals surface area contributed by atoms with Crippen molar-refractivity contribution in [1.29, 1.82) is 0 Å². The van der Waals surface area contributed by atoms with Crippen molar-refractivity contribution in [3.8, 4) is 0 Å². The van der Waals surface area contributed by atoms with Gasteiger partial charge in [-0.25, -0.2) is 4.79 Å². The van der Waals surface area contributed by atoms with Gasteiger partial charge in [0.15, 0.2) is 0 Å². The zero-order chi connectivity index (χ0) is 35.6. The van der Waals surface area contributed by atoms with Gasteiger partial charge in [0.2, 0.25) is 41.4 Å². The number of rotatable bonds is 22. The van der Waals surface area contributed by atoms with Crippen LogP contribution in [0.2, 0.25) is 0 Å². The molecule has 0 aromatic rings. The quantitative estimate of drug-likeness (QED) is 0.0520. The van der Waals surface area contributed by atoms with Gasteiger partial charge in [-0.1, -0.05) is 27.7 Å². The van der Waals surface area contributed by atoms with Crippen molar-refractivity contribution in [1.82, 2.24) is 31.9 Å². The summed E-state index contributed by atoms with van der Waals surface area (Å²) in [7, 11) is 0. The summed E-state index contributed by atoms with van der Waals surface area (Å²) in [6.07, 6.45) is -0.239. The van der Waals surface area contributed by atoms with Crippen LogP contribution in [-0.2, 0) is 38.4 Å². The average Bonchev–Trinajstić information content (AvgIpc) is 2.96. The summed E-state index contributed by atoms with van der Waals surface area (Å²) >= 11 is 0. The van der Waals surface area contributed by atoms with Crippen molar-refractivity contribution in [2.75, 3.05) is 26.3 Å². The van der Waals surface area contributed by atoms with E-state index >= 15 is 0 Å². The molecule has 0 aromatic heterocycles. The van der Waals surface area contributed by atoms with Gasteiger partial charge in [0.05, 0.1) is 32.3 Å². The predicted molar refractivity (Wildman–Crippen MR) is 161 cm³/mol. The molecule has 0 unspecified atom stereocenters. The van der Waals surface area contributed by atoms with Crippen LogP contribution in [0.4, 0.5) is 0 Å². The maximum absolute atomic E-state index is 12.8. The number of aliphatic hydroxyl groups is 2. The highest BCUT2D eigenvalue weighted by atomic mass is 16.4. The third-order valence-electron chi connectivity index (χ3n) is 6.22. The number of aliphatic hydroxyl groups excluding tert-OH is 2. The lowest BCUT2D eigenvalue weighted by molar-refractivity contribution is -0.143. The number of carboxylic acid groups (broad SMARTS) is 1. The number of primary amides is 1. The zero-order valence-corrected chi connectivity index (χ0v) is 26.5. The minimum atomic E-state index is -1.71. The Labute approximate surface area is 266 Å². The van der Waals surface area contributed by atoms with Crippen molar-refractivity contribution < 1.29 is 53.7 Å². The van der Waals surface area contributed by atoms with Crippen LogP contribution in [0.15, 0.2) is 0 Å². The topological polar surface area (TPSA) is 321 Å². The SMILES string of the molecule is CC(C)C[C@H](NC(=O)[C@H](CCC(N)=O)NC(=O)[C@H](CO)NC(=O)[C@H](CO)NC(=O)CNC(=O)CNC(=O)[C@@H](N)CC(C)C)C(=O)O. The second kappa shape index (κ2) is 21.4. The molecule has 0 radical (unpaired) electrons. The minimum Gasteiger partial charge on any atom is -0.480 e. The van der Waals surface area contributed by atoms with Crippen LogP contribution >= 0.6 is 0 Å². The molecule has 19 heteroatoms. The summed E-state index contributed by atoms with van der Waals surface area (Å²) in [6, 6.07) is -6.95. The molecule has 0 saturated carbocycles. The monoisotopic (exact) mass is 660 g/mol. The van der Waals surface area contributed by atoms with E-state index in [1.807, 2.05) is 13.8 Å². The molecular weight excluding hydrogens is 612 g/mol. The molecule has 0 aromatic carbocycles. The molecule has 5 atom stereocenters. The Balaban J connectivity index is 5.21. The highest BCUT2D eigenvalue weighted by molar-refractivity contribution is 5.96. The Hall–Kier alpha value is -4.36. The van der Waals surface area contributed by atoms with E-state index in [1.54, 1.807) is 13.8 Å². The van der Waals surface area contributed by atoms with Crippen LogP contribution in [0.5, 0.6) is 0 Å². The van der Waals surface area contributed by atoms with Crippen LogP contribution in [0.3, 0.4) is 0 Å². The Bertz CT molecular complexity index is 1090. The molecule has 0 aliphatic rings. The molecule has 0 rings (SSSR count). The van der Waals surface area contributed by atoms with Gasteiger partial charge in [0.25, 0.3) is 0 Å². The van der Waals surface area contributed by atoms with Crippen LogP contribution in [0.1, 0.15) is 53.4 Å². The lowest BCUT2D eigenvalue weighted by Crippen LogP contribution is -2.59. The van der Waals surface area contributed by atoms with Crippen LogP contribution in [0, 0.1) is 11.8 Å². The molecule has 19 nitrogen and oxygen atoms in total. The fourth-order valence-electron chi connectivity index (χ4n) is 3.85. The molecule has 0 heterocycles. The number of carbonyl (C=O) groups excluding carboxylic acids is 7. The average molecular weight is 661 g/mol. The van der Waals surface area contributed by atoms with Gasteiger partial charge in [0.1, 0.15) is 24.2 Å². The van der Waals surface area contributed by atoms with Crippen LogP contribution < -0.4 is 43.4 Å². The highest BCUT2D eigenvalue weighted by Crippen LogP contribution is 2.07. The smallest absolute Gasteiger partial charge is 0.326 e. The third kappa shape index (κ3) is 17.2. The Kier molecular flexibility index (Phi) is 19.4. The molecule has 0 spiro atoms. The maximum Gasteiger partial charge on any atom is 0.326 e. The van der Waals surface area contributed by atoms with E-state index in [-0.39, 0.29) is 31.1 Å². The normalized spacial score (nSPS) is 14.2. The maximum atomic E-state index is 12.8. The molecular formula is C27H48N8O11. The molecule has 0 fully saturated rings. The third-order valence-corrected chi connectivity index (χ3v) is 6.22. The van der Waals surface area contributed by atoms with Gasteiger partial charge in [-0.3, -0.25) is 33.6 Å². The van der Waals surface area contributed by atoms with Crippen molar-refractivity contribution in [3.63, 3.8) is 0 Å². The molecule has 262 valence electrons. The summed E-state index contributed by atoms with van der Waals surface area (Å²) < 4.78 is 0. The molecule has 0 aliphatic carbocycles. The number of nitrogens with two attached hydrogens (primary N) is 2. The molecule has 13 N–H and O–H groups in total. The van der Waals surface area contributed by atoms with E-state index in [9.17, 15) is 53.7 Å². The van der Waals surface area contributed by atoms with E-state index in [2.05, 4.69) is 31.9 Å².